The monoisotopic (exact) mass is 203 g/mol. The van der Waals surface area contributed by atoms with Crippen LogP contribution in [0.2, 0.25) is 5.02 Å². The van der Waals surface area contributed by atoms with Crippen LogP contribution in [-0.4, -0.2) is 0 Å². The van der Waals surface area contributed by atoms with Gasteiger partial charge >= 0.3 is 0 Å². The molecule has 1 heterocycles. The molecule has 0 aliphatic heterocycles. The van der Waals surface area contributed by atoms with Gasteiger partial charge in [-0.1, -0.05) is 11.6 Å². The number of hydrogen-bond acceptors (Lipinski definition) is 2. The molecule has 0 saturated heterocycles. The second-order valence-corrected chi connectivity index (χ2v) is 3.22. The van der Waals surface area contributed by atoms with Crippen molar-refractivity contribution in [2.45, 2.75) is 0 Å². The lowest BCUT2D eigenvalue weighted by Gasteiger charge is -1.99. The Morgan fingerprint density at radius 2 is 2.14 bits per heavy atom. The van der Waals surface area contributed by atoms with E-state index in [9.17, 15) is 0 Å². The molecule has 3 heteroatoms. The van der Waals surface area contributed by atoms with Crippen LogP contribution in [0.15, 0.2) is 41.0 Å². The number of nitriles is 1. The fourth-order valence-corrected chi connectivity index (χ4v) is 1.43. The Hall–Kier alpha value is -1.72. The summed E-state index contributed by atoms with van der Waals surface area (Å²) in [4.78, 5) is 0. The summed E-state index contributed by atoms with van der Waals surface area (Å²) in [6.45, 7) is 0. The van der Waals surface area contributed by atoms with Gasteiger partial charge in [-0.15, -0.1) is 0 Å². The minimum Gasteiger partial charge on any atom is -0.464 e. The molecule has 0 aliphatic rings. The van der Waals surface area contributed by atoms with Gasteiger partial charge in [0.1, 0.15) is 5.76 Å². The van der Waals surface area contributed by atoms with Gasteiger partial charge in [-0.3, -0.25) is 0 Å². The third kappa shape index (κ3) is 1.50. The van der Waals surface area contributed by atoms with Gasteiger partial charge < -0.3 is 4.42 Å². The summed E-state index contributed by atoms with van der Waals surface area (Å²) in [7, 11) is 0. The molecular formula is C11H6ClNO. The van der Waals surface area contributed by atoms with Crippen molar-refractivity contribution in [3.63, 3.8) is 0 Å². The highest BCUT2D eigenvalue weighted by molar-refractivity contribution is 6.30. The average molecular weight is 204 g/mol. The van der Waals surface area contributed by atoms with Gasteiger partial charge in [0, 0.05) is 10.6 Å². The number of furan rings is 1. The zero-order chi connectivity index (χ0) is 9.97. The molecule has 0 fully saturated rings. The predicted molar refractivity (Wildman–Crippen MR) is 53.9 cm³/mol. The topological polar surface area (TPSA) is 36.9 Å². The highest BCUT2D eigenvalue weighted by Gasteiger charge is 2.07. The Morgan fingerprint density at radius 3 is 2.79 bits per heavy atom. The largest absolute Gasteiger partial charge is 0.464 e. The summed E-state index contributed by atoms with van der Waals surface area (Å²) >= 11 is 5.78. The third-order valence-corrected chi connectivity index (χ3v) is 2.12. The minimum atomic E-state index is 0.521. The predicted octanol–water partition coefficient (Wildman–Crippen LogP) is 3.47. The second kappa shape index (κ2) is 3.57. The fraction of sp³-hybridized carbons (Fsp3) is 0. The maximum Gasteiger partial charge on any atom is 0.135 e. The van der Waals surface area contributed by atoms with Crippen LogP contribution >= 0.6 is 11.6 Å². The number of rotatable bonds is 1. The number of nitrogens with zero attached hydrogens (tertiary/aromatic N) is 1. The summed E-state index contributed by atoms with van der Waals surface area (Å²) in [5.74, 6) is 0.679. The highest BCUT2D eigenvalue weighted by atomic mass is 35.5. The Morgan fingerprint density at radius 1 is 1.29 bits per heavy atom. The van der Waals surface area contributed by atoms with Crippen molar-refractivity contribution >= 4 is 11.6 Å². The van der Waals surface area contributed by atoms with Crippen LogP contribution in [0.3, 0.4) is 0 Å². The summed E-state index contributed by atoms with van der Waals surface area (Å²) in [6, 6.07) is 10.8. The van der Waals surface area contributed by atoms with E-state index < -0.39 is 0 Å². The van der Waals surface area contributed by atoms with E-state index in [0.717, 1.165) is 5.56 Å². The standard InChI is InChI=1S/C11H6ClNO/c12-9-3-4-10(8(6-9)7-13)11-2-1-5-14-11/h1-6H. The summed E-state index contributed by atoms with van der Waals surface area (Å²) < 4.78 is 5.21. The molecule has 0 saturated carbocycles. The van der Waals surface area contributed by atoms with Crippen LogP contribution in [-0.2, 0) is 0 Å². The van der Waals surface area contributed by atoms with Gasteiger partial charge in [0.15, 0.2) is 0 Å². The molecule has 2 nitrogen and oxygen atoms in total. The molecule has 0 bridgehead atoms. The number of hydrogen-bond donors (Lipinski definition) is 0. The molecule has 0 aliphatic carbocycles. The van der Waals surface area contributed by atoms with Crippen molar-refractivity contribution in [1.82, 2.24) is 0 Å². The molecule has 0 amide bonds. The Kier molecular flexibility index (Phi) is 2.26. The highest BCUT2D eigenvalue weighted by Crippen LogP contribution is 2.26. The Balaban J connectivity index is 2.60. The zero-order valence-corrected chi connectivity index (χ0v) is 7.95. The lowest BCUT2D eigenvalue weighted by molar-refractivity contribution is 0.582. The van der Waals surface area contributed by atoms with Crippen LogP contribution < -0.4 is 0 Å². The van der Waals surface area contributed by atoms with E-state index in [1.165, 1.54) is 0 Å². The fourth-order valence-electron chi connectivity index (χ4n) is 1.26. The number of halogens is 1. The zero-order valence-electron chi connectivity index (χ0n) is 7.20. The van der Waals surface area contributed by atoms with E-state index >= 15 is 0 Å². The summed E-state index contributed by atoms with van der Waals surface area (Å²) in [6.07, 6.45) is 1.57. The third-order valence-electron chi connectivity index (χ3n) is 1.89. The molecule has 1 aromatic heterocycles. The molecule has 68 valence electrons. The molecule has 1 aromatic carbocycles. The first-order chi connectivity index (χ1) is 6.81. The second-order valence-electron chi connectivity index (χ2n) is 2.78. The maximum absolute atomic E-state index is 8.89. The molecule has 2 aromatic rings. The van der Waals surface area contributed by atoms with E-state index in [1.807, 2.05) is 6.07 Å². The van der Waals surface area contributed by atoms with E-state index in [1.54, 1.807) is 30.5 Å². The van der Waals surface area contributed by atoms with Crippen molar-refractivity contribution in [2.75, 3.05) is 0 Å². The van der Waals surface area contributed by atoms with Crippen molar-refractivity contribution in [1.29, 1.82) is 5.26 Å². The molecule has 14 heavy (non-hydrogen) atoms. The van der Waals surface area contributed by atoms with E-state index in [4.69, 9.17) is 21.3 Å². The first-order valence-electron chi connectivity index (χ1n) is 4.05. The van der Waals surface area contributed by atoms with Crippen molar-refractivity contribution in [3.05, 3.63) is 47.2 Å². The normalized spacial score (nSPS) is 9.71. The van der Waals surface area contributed by atoms with Gasteiger partial charge in [-0.05, 0) is 30.3 Å². The van der Waals surface area contributed by atoms with E-state index in [0.29, 0.717) is 16.3 Å². The van der Waals surface area contributed by atoms with Crippen LogP contribution in [0.1, 0.15) is 5.56 Å². The van der Waals surface area contributed by atoms with Gasteiger partial charge in [0.2, 0.25) is 0 Å². The van der Waals surface area contributed by atoms with E-state index in [2.05, 4.69) is 6.07 Å². The van der Waals surface area contributed by atoms with Crippen LogP contribution in [0.5, 0.6) is 0 Å². The Labute approximate surface area is 86.3 Å². The van der Waals surface area contributed by atoms with Crippen LogP contribution in [0.25, 0.3) is 11.3 Å². The molecule has 0 spiro atoms. The minimum absolute atomic E-state index is 0.521. The average Bonchev–Trinajstić information content (AvgIpc) is 2.70. The van der Waals surface area contributed by atoms with Crippen LogP contribution in [0, 0.1) is 11.3 Å². The SMILES string of the molecule is N#Cc1cc(Cl)ccc1-c1ccco1. The molecule has 0 atom stereocenters. The summed E-state index contributed by atoms with van der Waals surface area (Å²) in [5.41, 5.74) is 1.29. The number of benzene rings is 1. The van der Waals surface area contributed by atoms with Gasteiger partial charge in [-0.25, -0.2) is 0 Å². The van der Waals surface area contributed by atoms with Crippen molar-refractivity contribution < 1.29 is 4.42 Å². The maximum atomic E-state index is 8.89. The van der Waals surface area contributed by atoms with Crippen LogP contribution in [0.4, 0.5) is 0 Å². The molecule has 0 radical (unpaired) electrons. The summed E-state index contributed by atoms with van der Waals surface area (Å²) in [5, 5.41) is 9.44. The molecule has 2 rings (SSSR count). The lowest BCUT2D eigenvalue weighted by Crippen LogP contribution is -1.81. The molecule has 0 unspecified atom stereocenters. The van der Waals surface area contributed by atoms with E-state index in [-0.39, 0.29) is 0 Å². The van der Waals surface area contributed by atoms with Gasteiger partial charge in [0.25, 0.3) is 0 Å². The quantitative estimate of drug-likeness (QED) is 0.712. The molecule has 0 N–H and O–H groups in total. The van der Waals surface area contributed by atoms with Gasteiger partial charge in [-0.2, -0.15) is 5.26 Å². The Bertz CT molecular complexity index is 482. The van der Waals surface area contributed by atoms with Crippen molar-refractivity contribution in [3.8, 4) is 17.4 Å². The lowest BCUT2D eigenvalue weighted by atomic mass is 10.1. The smallest absolute Gasteiger partial charge is 0.135 e. The van der Waals surface area contributed by atoms with Crippen molar-refractivity contribution in [2.24, 2.45) is 0 Å². The molecular weight excluding hydrogens is 198 g/mol. The first-order valence-corrected chi connectivity index (χ1v) is 4.42. The van der Waals surface area contributed by atoms with Gasteiger partial charge in [0.05, 0.1) is 17.9 Å². The first kappa shape index (κ1) is 8.86.